The van der Waals surface area contributed by atoms with Gasteiger partial charge in [0.25, 0.3) is 5.56 Å². The summed E-state index contributed by atoms with van der Waals surface area (Å²) in [7, 11) is 0. The van der Waals surface area contributed by atoms with Crippen LogP contribution in [0.15, 0.2) is 23.0 Å². The fourth-order valence-corrected chi connectivity index (χ4v) is 5.13. The van der Waals surface area contributed by atoms with Gasteiger partial charge in [0.2, 0.25) is 0 Å². The second-order valence-corrected chi connectivity index (χ2v) is 9.37. The van der Waals surface area contributed by atoms with Crippen molar-refractivity contribution in [1.29, 1.82) is 0 Å². The third-order valence-corrected chi connectivity index (χ3v) is 7.13. The molecule has 0 radical (unpaired) electrons. The number of hydrogen-bond donors (Lipinski definition) is 2. The van der Waals surface area contributed by atoms with Gasteiger partial charge >= 0.3 is 0 Å². The number of rotatable bonds is 9. The molecular weight excluding hydrogens is 416 g/mol. The highest BCUT2D eigenvalue weighted by molar-refractivity contribution is 5.83. The van der Waals surface area contributed by atoms with Crippen molar-refractivity contribution >= 4 is 10.9 Å². The summed E-state index contributed by atoms with van der Waals surface area (Å²) in [5.41, 5.74) is 3.76. The minimum Gasteiger partial charge on any atom is -0.395 e. The number of aliphatic hydroxyl groups is 1. The van der Waals surface area contributed by atoms with E-state index >= 15 is 0 Å². The number of pyridine rings is 1. The van der Waals surface area contributed by atoms with Crippen molar-refractivity contribution in [1.82, 2.24) is 30.1 Å². The Morgan fingerprint density at radius 2 is 2.03 bits per heavy atom. The van der Waals surface area contributed by atoms with E-state index in [1.807, 2.05) is 17.7 Å². The van der Waals surface area contributed by atoms with E-state index in [4.69, 9.17) is 0 Å². The highest BCUT2D eigenvalue weighted by atomic mass is 16.3. The van der Waals surface area contributed by atoms with Gasteiger partial charge in [-0.2, -0.15) is 0 Å². The lowest BCUT2D eigenvalue weighted by Gasteiger charge is -2.32. The van der Waals surface area contributed by atoms with Gasteiger partial charge in [0.05, 0.1) is 24.2 Å². The van der Waals surface area contributed by atoms with Crippen LogP contribution in [0.1, 0.15) is 86.5 Å². The van der Waals surface area contributed by atoms with Crippen molar-refractivity contribution in [3.63, 3.8) is 0 Å². The van der Waals surface area contributed by atoms with E-state index in [1.165, 1.54) is 19.3 Å². The number of benzene rings is 1. The molecule has 1 fully saturated rings. The van der Waals surface area contributed by atoms with E-state index in [1.54, 1.807) is 0 Å². The predicted molar refractivity (Wildman–Crippen MR) is 129 cm³/mol. The molecule has 178 valence electrons. The van der Waals surface area contributed by atoms with Crippen molar-refractivity contribution in [3.05, 3.63) is 51.1 Å². The van der Waals surface area contributed by atoms with Gasteiger partial charge in [0.15, 0.2) is 5.82 Å². The van der Waals surface area contributed by atoms with Gasteiger partial charge in [0, 0.05) is 18.7 Å². The fraction of sp³-hybridized carbons (Fsp3) is 0.600. The number of nitrogens with one attached hydrogen (secondary N) is 1. The van der Waals surface area contributed by atoms with E-state index in [2.05, 4.69) is 51.4 Å². The van der Waals surface area contributed by atoms with Crippen molar-refractivity contribution in [2.75, 3.05) is 13.2 Å². The molecule has 1 unspecified atom stereocenters. The fourth-order valence-electron chi connectivity index (χ4n) is 5.13. The smallest absolute Gasteiger partial charge is 0.252 e. The maximum atomic E-state index is 13.0. The van der Waals surface area contributed by atoms with Crippen LogP contribution in [0.25, 0.3) is 10.9 Å². The zero-order valence-electron chi connectivity index (χ0n) is 20.0. The monoisotopic (exact) mass is 452 g/mol. The van der Waals surface area contributed by atoms with Crippen LogP contribution in [0.4, 0.5) is 0 Å². The van der Waals surface area contributed by atoms with Gasteiger partial charge in [-0.1, -0.05) is 44.7 Å². The standard InChI is InChI=1S/C25H36N6O2/c1-4-8-22(24-27-28-29-31(24)21-9-6-5-7-10-21)30(13-14-32)16-20-15-19-12-11-17(2)18(3)23(19)26-25(20)33/h11-12,15,21-22,32H,4-10,13-14,16H2,1-3H3,(H,26,33). The van der Waals surface area contributed by atoms with Gasteiger partial charge < -0.3 is 10.1 Å². The molecule has 4 rings (SSSR count). The van der Waals surface area contributed by atoms with Gasteiger partial charge in [0.1, 0.15) is 0 Å². The molecule has 2 N–H and O–H groups in total. The number of nitrogens with zero attached hydrogens (tertiary/aromatic N) is 5. The van der Waals surface area contributed by atoms with Crippen molar-refractivity contribution in [2.24, 2.45) is 0 Å². The lowest BCUT2D eigenvalue weighted by atomic mass is 9.95. The van der Waals surface area contributed by atoms with Crippen LogP contribution >= 0.6 is 0 Å². The van der Waals surface area contributed by atoms with Crippen LogP contribution in [0.2, 0.25) is 0 Å². The summed E-state index contributed by atoms with van der Waals surface area (Å²) in [6.07, 6.45) is 7.68. The van der Waals surface area contributed by atoms with Crippen LogP contribution in [0, 0.1) is 13.8 Å². The minimum absolute atomic E-state index is 0.00893. The topological polar surface area (TPSA) is 99.9 Å². The van der Waals surface area contributed by atoms with Crippen LogP contribution in [-0.2, 0) is 6.54 Å². The Bertz CT molecular complexity index is 1130. The number of aromatic nitrogens is 5. The number of aliphatic hydroxyl groups excluding tert-OH is 1. The summed E-state index contributed by atoms with van der Waals surface area (Å²) in [4.78, 5) is 18.3. The Labute approximate surface area is 195 Å². The number of H-pyrrole nitrogens is 1. The van der Waals surface area contributed by atoms with Crippen LogP contribution in [-0.4, -0.2) is 48.3 Å². The normalized spacial score (nSPS) is 16.0. The zero-order chi connectivity index (χ0) is 23.4. The molecular formula is C25H36N6O2. The maximum Gasteiger partial charge on any atom is 0.252 e. The Balaban J connectivity index is 1.68. The summed E-state index contributed by atoms with van der Waals surface area (Å²) in [5, 5.41) is 23.7. The summed E-state index contributed by atoms with van der Waals surface area (Å²) >= 11 is 0. The van der Waals surface area contributed by atoms with E-state index in [0.29, 0.717) is 24.7 Å². The van der Waals surface area contributed by atoms with Crippen molar-refractivity contribution < 1.29 is 5.11 Å². The molecule has 8 heteroatoms. The highest BCUT2D eigenvalue weighted by Crippen LogP contribution is 2.32. The first-order valence-electron chi connectivity index (χ1n) is 12.3. The van der Waals surface area contributed by atoms with Gasteiger partial charge in [-0.05, 0) is 66.1 Å². The average molecular weight is 453 g/mol. The largest absolute Gasteiger partial charge is 0.395 e. The summed E-state index contributed by atoms with van der Waals surface area (Å²) in [6.45, 7) is 7.12. The Hall–Kier alpha value is -2.58. The molecule has 2 aromatic heterocycles. The molecule has 0 amide bonds. The van der Waals surface area contributed by atoms with Gasteiger partial charge in [-0.15, -0.1) is 5.10 Å². The molecule has 33 heavy (non-hydrogen) atoms. The van der Waals surface area contributed by atoms with E-state index in [-0.39, 0.29) is 18.2 Å². The quantitative estimate of drug-likeness (QED) is 0.510. The maximum absolute atomic E-state index is 13.0. The summed E-state index contributed by atoms with van der Waals surface area (Å²) < 4.78 is 2.01. The molecule has 2 heterocycles. The number of fused-ring (bicyclic) bond motifs is 1. The number of hydrogen-bond acceptors (Lipinski definition) is 6. The first-order chi connectivity index (χ1) is 16.0. The van der Waals surface area contributed by atoms with Crippen molar-refractivity contribution in [3.8, 4) is 0 Å². The molecule has 1 aromatic carbocycles. The lowest BCUT2D eigenvalue weighted by molar-refractivity contribution is 0.124. The zero-order valence-corrected chi connectivity index (χ0v) is 20.0. The van der Waals surface area contributed by atoms with Crippen LogP contribution in [0.3, 0.4) is 0 Å². The molecule has 0 aliphatic heterocycles. The lowest BCUT2D eigenvalue weighted by Crippen LogP contribution is -2.35. The molecule has 0 saturated heterocycles. The SMILES string of the molecule is CCCC(c1nnnn1C1CCCCC1)N(CCO)Cc1cc2ccc(C)c(C)c2[nH]c1=O. The Morgan fingerprint density at radius 1 is 1.24 bits per heavy atom. The van der Waals surface area contributed by atoms with Crippen LogP contribution in [0.5, 0.6) is 0 Å². The number of tetrazole rings is 1. The molecule has 3 aromatic rings. The van der Waals surface area contributed by atoms with Gasteiger partial charge in [-0.3, -0.25) is 9.69 Å². The highest BCUT2D eigenvalue weighted by Gasteiger charge is 2.29. The molecule has 1 saturated carbocycles. The third-order valence-electron chi connectivity index (χ3n) is 7.13. The summed E-state index contributed by atoms with van der Waals surface area (Å²) in [5.74, 6) is 0.848. The van der Waals surface area contributed by atoms with E-state index < -0.39 is 0 Å². The molecule has 8 nitrogen and oxygen atoms in total. The second kappa shape index (κ2) is 10.6. The summed E-state index contributed by atoms with van der Waals surface area (Å²) in [6, 6.07) is 6.39. The van der Waals surface area contributed by atoms with E-state index in [0.717, 1.165) is 53.5 Å². The first-order valence-corrected chi connectivity index (χ1v) is 12.3. The van der Waals surface area contributed by atoms with Crippen LogP contribution < -0.4 is 5.56 Å². The minimum atomic E-state index is -0.0822. The second-order valence-electron chi connectivity index (χ2n) is 9.37. The Morgan fingerprint density at radius 3 is 2.76 bits per heavy atom. The van der Waals surface area contributed by atoms with Gasteiger partial charge in [-0.25, -0.2) is 4.68 Å². The van der Waals surface area contributed by atoms with Crippen molar-refractivity contribution in [2.45, 2.75) is 84.3 Å². The predicted octanol–water partition coefficient (Wildman–Crippen LogP) is 3.97. The molecule has 1 aliphatic rings. The van der Waals surface area contributed by atoms with E-state index in [9.17, 15) is 9.90 Å². The molecule has 0 bridgehead atoms. The third kappa shape index (κ3) is 5.01. The Kier molecular flexibility index (Phi) is 7.55. The average Bonchev–Trinajstić information content (AvgIpc) is 3.31. The molecule has 1 aliphatic carbocycles. The number of aromatic amines is 1. The first kappa shape index (κ1) is 23.6. The molecule has 1 atom stereocenters. The molecule has 0 spiro atoms. The number of aryl methyl sites for hydroxylation is 2.